The van der Waals surface area contributed by atoms with Crippen molar-refractivity contribution in [1.29, 1.82) is 0 Å². The Morgan fingerprint density at radius 2 is 1.20 bits per heavy atom. The molecule has 286 valence electrons. The van der Waals surface area contributed by atoms with E-state index in [0.717, 1.165) is 0 Å². The van der Waals surface area contributed by atoms with E-state index in [0.29, 0.717) is 24.9 Å². The minimum atomic E-state index is -2.71. The van der Waals surface area contributed by atoms with Gasteiger partial charge in [0.05, 0.1) is 0 Å². The molecule has 0 heterocycles. The number of carbonyl (C=O) groups excluding carboxylic acids is 4. The van der Waals surface area contributed by atoms with Gasteiger partial charge in [-0.2, -0.15) is 0 Å². The van der Waals surface area contributed by atoms with Crippen molar-refractivity contribution in [1.82, 2.24) is 10.6 Å². The molecular formula is C40H70N2O7Sn. The maximum atomic E-state index is 13.5. The topological polar surface area (TPSA) is 120 Å². The Hall–Kier alpha value is -2.30. The van der Waals surface area contributed by atoms with Crippen LogP contribution < -0.4 is 14.2 Å². The number of unbranched alkanes of at least 4 members (excludes halogenated alkanes) is 3. The van der Waals surface area contributed by atoms with Crippen molar-refractivity contribution in [3.05, 3.63) is 29.8 Å². The summed E-state index contributed by atoms with van der Waals surface area (Å²) in [4.78, 5) is 52.9. The van der Waals surface area contributed by atoms with E-state index in [1.165, 1.54) is 55.4 Å². The number of hydrogen-bond acceptors (Lipinski definition) is 7. The number of rotatable bonds is 20. The van der Waals surface area contributed by atoms with E-state index in [9.17, 15) is 19.2 Å². The van der Waals surface area contributed by atoms with Gasteiger partial charge in [-0.3, -0.25) is 0 Å². The first kappa shape index (κ1) is 45.7. The van der Waals surface area contributed by atoms with E-state index in [-0.39, 0.29) is 12.3 Å². The minimum absolute atomic E-state index is 0.0403. The van der Waals surface area contributed by atoms with Crippen molar-refractivity contribution in [2.24, 2.45) is 5.92 Å². The first-order valence-corrected chi connectivity index (χ1v) is 26.5. The molecule has 1 aromatic carbocycles. The van der Waals surface area contributed by atoms with Crippen molar-refractivity contribution in [3.8, 4) is 0 Å². The molecule has 0 unspecified atom stereocenters. The first-order valence-electron chi connectivity index (χ1n) is 19.0. The van der Waals surface area contributed by atoms with E-state index in [4.69, 9.17) is 14.2 Å². The summed E-state index contributed by atoms with van der Waals surface area (Å²) >= 11 is -2.71. The molecule has 50 heavy (non-hydrogen) atoms. The van der Waals surface area contributed by atoms with Gasteiger partial charge >= 0.3 is 217 Å². The van der Waals surface area contributed by atoms with E-state index in [1.54, 1.807) is 62.3 Å². The molecule has 0 fully saturated rings. The van der Waals surface area contributed by atoms with Gasteiger partial charge in [-0.25, -0.2) is 9.59 Å². The molecule has 0 saturated carbocycles. The molecule has 0 aliphatic rings. The zero-order valence-electron chi connectivity index (χ0n) is 33.5. The van der Waals surface area contributed by atoms with Crippen molar-refractivity contribution >= 4 is 45.9 Å². The number of amides is 2. The number of nitrogens with one attached hydrogen (secondary N) is 2. The summed E-state index contributed by atoms with van der Waals surface area (Å²) in [5, 5.41) is 5.69. The number of carbonyl (C=O) groups is 4. The van der Waals surface area contributed by atoms with Crippen LogP contribution in [0.1, 0.15) is 151 Å². The second-order valence-electron chi connectivity index (χ2n) is 16.8. The van der Waals surface area contributed by atoms with Crippen LogP contribution in [0.25, 0.3) is 0 Å². The standard InChI is InChI=1S/C28H43N2O7.3C4H9.Sn/c1-26(2,3)35-23(32)20(16-13-17-29-22(31)19-14-11-10-12-15-19)18-21(24(33)36-27(4,5)6)30-25(34)37-28(7,8)9;3*1-3-4-2;/h10-11,14-15,20-21H,13,16-18H2,1-9H3,(H,29,31)(H,30,34);3*1,3-4H2,2H3;/t20-,21-;;;;/m0..../s1. The molecule has 0 aliphatic carbocycles. The van der Waals surface area contributed by atoms with Gasteiger partial charge in [0.15, 0.2) is 0 Å². The van der Waals surface area contributed by atoms with Gasteiger partial charge in [-0.15, -0.1) is 0 Å². The number of esters is 2. The SMILES string of the molecule is CCC[CH2][Sn]([CH2]CCC)([CH2]CCC)[c]1cccc(C(=O)NCCC[C@@H](C[C@H](NC(=O)OC(C)(C)C)C(=O)OC(C)(C)C)C(=O)OC(C)(C)C)c1. The van der Waals surface area contributed by atoms with Crippen LogP contribution in [0.3, 0.4) is 0 Å². The van der Waals surface area contributed by atoms with Crippen LogP contribution in [0.2, 0.25) is 13.3 Å². The second kappa shape index (κ2) is 21.3. The molecule has 9 nitrogen and oxygen atoms in total. The molecule has 1 aromatic rings. The Bertz CT molecular complexity index is 1190. The molecule has 1 rings (SSSR count). The van der Waals surface area contributed by atoms with Crippen molar-refractivity contribution in [2.45, 2.75) is 177 Å². The Morgan fingerprint density at radius 1 is 0.700 bits per heavy atom. The molecule has 0 radical (unpaired) electrons. The Balaban J connectivity index is 3.18. The number of alkyl carbamates (subject to hydrolysis) is 1. The predicted molar refractivity (Wildman–Crippen MR) is 205 cm³/mol. The van der Waals surface area contributed by atoms with Gasteiger partial charge in [-0.05, 0) is 62.3 Å². The Labute approximate surface area is 308 Å². The fourth-order valence-corrected chi connectivity index (χ4v) is 22.1. The molecule has 0 aliphatic heterocycles. The van der Waals surface area contributed by atoms with Crippen molar-refractivity contribution in [2.75, 3.05) is 6.54 Å². The van der Waals surface area contributed by atoms with Crippen molar-refractivity contribution < 1.29 is 33.4 Å². The summed E-state index contributed by atoms with van der Waals surface area (Å²) in [6.45, 7) is 22.9. The van der Waals surface area contributed by atoms with E-state index >= 15 is 0 Å². The third-order valence-electron chi connectivity index (χ3n) is 8.42. The fraction of sp³-hybridized carbons (Fsp3) is 0.750. The Kier molecular flexibility index (Phi) is 19.5. The summed E-state index contributed by atoms with van der Waals surface area (Å²) in [6, 6.07) is 7.26. The van der Waals surface area contributed by atoms with Crippen LogP contribution in [0.4, 0.5) is 4.79 Å². The third-order valence-corrected chi connectivity index (χ3v) is 24.0. The van der Waals surface area contributed by atoms with Gasteiger partial charge in [-0.1, -0.05) is 0 Å². The number of hydrogen-bond donors (Lipinski definition) is 2. The third kappa shape index (κ3) is 18.3. The van der Waals surface area contributed by atoms with Crippen LogP contribution in [0.15, 0.2) is 24.3 Å². The van der Waals surface area contributed by atoms with Gasteiger partial charge in [0.1, 0.15) is 11.2 Å². The van der Waals surface area contributed by atoms with Crippen molar-refractivity contribution in [3.63, 3.8) is 0 Å². The molecule has 2 atom stereocenters. The molecule has 2 amide bonds. The molecule has 10 heteroatoms. The van der Waals surface area contributed by atoms with Gasteiger partial charge in [0, 0.05) is 0 Å². The summed E-state index contributed by atoms with van der Waals surface area (Å²) in [6.07, 6.45) is 7.30. The summed E-state index contributed by atoms with van der Waals surface area (Å²) < 4.78 is 22.2. The number of ether oxygens (including phenoxy) is 3. The quantitative estimate of drug-likeness (QED) is 0.0585. The number of benzene rings is 1. The average molecular weight is 810 g/mol. The van der Waals surface area contributed by atoms with Crippen LogP contribution in [0.5, 0.6) is 0 Å². The van der Waals surface area contributed by atoms with Gasteiger partial charge in [0.2, 0.25) is 0 Å². The molecule has 2 N–H and O–H groups in total. The maximum absolute atomic E-state index is 13.5. The monoisotopic (exact) mass is 810 g/mol. The van der Waals surface area contributed by atoms with Gasteiger partial charge in [0.25, 0.3) is 0 Å². The van der Waals surface area contributed by atoms with E-state index in [1.807, 2.05) is 12.1 Å². The molecule has 0 bridgehead atoms. The van der Waals surface area contributed by atoms with E-state index in [2.05, 4.69) is 43.5 Å². The molecule has 0 saturated heterocycles. The second-order valence-corrected chi connectivity index (χ2v) is 30.0. The fourth-order valence-electron chi connectivity index (χ4n) is 6.03. The predicted octanol–water partition coefficient (Wildman–Crippen LogP) is 8.84. The molecular weight excluding hydrogens is 739 g/mol. The average Bonchev–Trinajstić information content (AvgIpc) is 2.99. The summed E-state index contributed by atoms with van der Waals surface area (Å²) in [7, 11) is 0. The Morgan fingerprint density at radius 3 is 1.68 bits per heavy atom. The normalized spacial score (nSPS) is 13.6. The zero-order valence-corrected chi connectivity index (χ0v) is 36.4. The van der Waals surface area contributed by atoms with Gasteiger partial charge < -0.3 is 9.47 Å². The first-order chi connectivity index (χ1) is 23.1. The molecule has 0 aromatic heterocycles. The molecule has 0 spiro atoms. The van der Waals surface area contributed by atoms with Crippen LogP contribution >= 0.6 is 0 Å². The van der Waals surface area contributed by atoms with Crippen LogP contribution in [0, 0.1) is 5.92 Å². The van der Waals surface area contributed by atoms with Crippen LogP contribution in [-0.2, 0) is 23.8 Å². The summed E-state index contributed by atoms with van der Waals surface area (Å²) in [5.41, 5.74) is -1.65. The summed E-state index contributed by atoms with van der Waals surface area (Å²) in [5.74, 6) is -2.01. The van der Waals surface area contributed by atoms with E-state index < -0.39 is 65.2 Å². The zero-order chi connectivity index (χ0) is 38.2. The van der Waals surface area contributed by atoms with Crippen LogP contribution in [-0.4, -0.2) is 71.7 Å².